The molecule has 1 aliphatic heterocycles. The van der Waals surface area contributed by atoms with Crippen LogP contribution in [-0.2, 0) is 9.59 Å². The highest BCUT2D eigenvalue weighted by atomic mass is 16.2. The van der Waals surface area contributed by atoms with Crippen molar-refractivity contribution < 1.29 is 9.59 Å². The van der Waals surface area contributed by atoms with Crippen molar-refractivity contribution in [1.82, 2.24) is 10.2 Å². The Morgan fingerprint density at radius 1 is 1.05 bits per heavy atom. The lowest BCUT2D eigenvalue weighted by Gasteiger charge is -2.18. The smallest absolute Gasteiger partial charge is 0.222 e. The molecule has 0 aliphatic carbocycles. The van der Waals surface area contributed by atoms with Crippen LogP contribution < -0.4 is 5.32 Å². The van der Waals surface area contributed by atoms with Gasteiger partial charge in [-0.2, -0.15) is 0 Å². The number of carbonyl (C=O) groups excluding carboxylic acids is 2. The molecule has 1 fully saturated rings. The normalized spacial score (nSPS) is 28.4. The van der Waals surface area contributed by atoms with Crippen LogP contribution in [0.4, 0.5) is 0 Å². The fourth-order valence-corrected chi connectivity index (χ4v) is 2.67. The van der Waals surface area contributed by atoms with Gasteiger partial charge in [0.2, 0.25) is 11.8 Å². The van der Waals surface area contributed by atoms with E-state index in [0.717, 1.165) is 38.6 Å². The molecular weight excluding hydrogens is 252 g/mol. The third kappa shape index (κ3) is 6.40. The molecule has 0 aromatic carbocycles. The van der Waals surface area contributed by atoms with Gasteiger partial charge in [-0.1, -0.05) is 26.7 Å². The van der Waals surface area contributed by atoms with Gasteiger partial charge in [0.05, 0.1) is 0 Å². The van der Waals surface area contributed by atoms with Crippen LogP contribution in [0.1, 0.15) is 58.8 Å². The predicted molar refractivity (Wildman–Crippen MR) is 81.3 cm³/mol. The van der Waals surface area contributed by atoms with E-state index in [9.17, 15) is 9.59 Å². The van der Waals surface area contributed by atoms with Crippen LogP contribution in [0.3, 0.4) is 0 Å². The van der Waals surface area contributed by atoms with Crippen LogP contribution in [0.2, 0.25) is 0 Å². The Morgan fingerprint density at radius 3 is 2.50 bits per heavy atom. The Bertz CT molecular complexity index is 288. The third-order valence-electron chi connectivity index (χ3n) is 4.26. The second kappa shape index (κ2) is 8.98. The monoisotopic (exact) mass is 282 g/mol. The van der Waals surface area contributed by atoms with E-state index in [0.29, 0.717) is 18.9 Å². The number of hydrogen-bond acceptors (Lipinski definition) is 2. The average molecular weight is 282 g/mol. The van der Waals surface area contributed by atoms with E-state index in [-0.39, 0.29) is 17.7 Å². The quantitative estimate of drug-likeness (QED) is 0.742. The summed E-state index contributed by atoms with van der Waals surface area (Å²) in [7, 11) is 1.88. The fraction of sp³-hybridized carbons (Fsp3) is 0.875. The van der Waals surface area contributed by atoms with Crippen LogP contribution in [-0.4, -0.2) is 36.9 Å². The summed E-state index contributed by atoms with van der Waals surface area (Å²) >= 11 is 0. The molecular formula is C16H30N2O2. The summed E-state index contributed by atoms with van der Waals surface area (Å²) in [5, 5.41) is 2.94. The molecule has 1 rings (SSSR count). The number of nitrogens with one attached hydrogen (secondary N) is 1. The molecule has 0 bridgehead atoms. The zero-order valence-electron chi connectivity index (χ0n) is 13.3. The molecule has 0 spiro atoms. The fourth-order valence-electron chi connectivity index (χ4n) is 2.67. The predicted octanol–water partition coefficient (Wildman–Crippen LogP) is 2.58. The maximum atomic E-state index is 11.9. The number of nitrogens with zero attached hydrogens (tertiary/aromatic N) is 1. The number of amides is 2. The molecule has 0 saturated carbocycles. The highest BCUT2D eigenvalue weighted by Crippen LogP contribution is 2.17. The topological polar surface area (TPSA) is 49.4 Å². The average Bonchev–Trinajstić information content (AvgIpc) is 2.42. The van der Waals surface area contributed by atoms with Gasteiger partial charge in [0.25, 0.3) is 0 Å². The lowest BCUT2D eigenvalue weighted by atomic mass is 9.95. The first-order valence-corrected chi connectivity index (χ1v) is 8.02. The van der Waals surface area contributed by atoms with E-state index in [1.165, 1.54) is 6.42 Å². The molecule has 0 aromatic rings. The Morgan fingerprint density at radius 2 is 1.75 bits per heavy atom. The molecule has 0 aromatic heterocycles. The molecule has 2 amide bonds. The summed E-state index contributed by atoms with van der Waals surface area (Å²) in [6, 6.07) is 0. The van der Waals surface area contributed by atoms with Crippen molar-refractivity contribution in [2.24, 2.45) is 11.8 Å². The maximum absolute atomic E-state index is 11.9. The minimum atomic E-state index is 0.0886. The van der Waals surface area contributed by atoms with Gasteiger partial charge in [0.15, 0.2) is 0 Å². The minimum absolute atomic E-state index is 0.0886. The van der Waals surface area contributed by atoms with Crippen LogP contribution in [0.25, 0.3) is 0 Å². The second-order valence-electron chi connectivity index (χ2n) is 6.29. The van der Waals surface area contributed by atoms with Crippen LogP contribution in [0.5, 0.6) is 0 Å². The van der Waals surface area contributed by atoms with Gasteiger partial charge in [0.1, 0.15) is 0 Å². The van der Waals surface area contributed by atoms with E-state index in [4.69, 9.17) is 0 Å². The van der Waals surface area contributed by atoms with E-state index in [1.54, 1.807) is 0 Å². The first-order valence-electron chi connectivity index (χ1n) is 8.02. The number of carbonyl (C=O) groups is 2. The summed E-state index contributed by atoms with van der Waals surface area (Å²) in [5.41, 5.74) is 0. The molecule has 20 heavy (non-hydrogen) atoms. The molecule has 2 atom stereocenters. The molecule has 4 nitrogen and oxygen atoms in total. The lowest BCUT2D eigenvalue weighted by molar-refractivity contribution is -0.130. The van der Waals surface area contributed by atoms with Crippen molar-refractivity contribution in [3.63, 3.8) is 0 Å². The molecule has 1 N–H and O–H groups in total. The Labute approximate surface area is 123 Å². The molecule has 0 radical (unpaired) electrons. The molecule has 4 heteroatoms. The molecule has 1 heterocycles. The zero-order chi connectivity index (χ0) is 15.0. The number of hydrogen-bond donors (Lipinski definition) is 1. The van der Waals surface area contributed by atoms with Crippen molar-refractivity contribution in [3.05, 3.63) is 0 Å². The van der Waals surface area contributed by atoms with E-state index in [1.807, 2.05) is 18.9 Å². The Hall–Kier alpha value is -1.06. The second-order valence-corrected chi connectivity index (χ2v) is 6.29. The van der Waals surface area contributed by atoms with Crippen molar-refractivity contribution in [2.75, 3.05) is 20.1 Å². The lowest BCUT2D eigenvalue weighted by Crippen LogP contribution is -2.31. The Kier molecular flexibility index (Phi) is 7.63. The highest BCUT2D eigenvalue weighted by molar-refractivity contribution is 5.78. The first kappa shape index (κ1) is 17.0. The van der Waals surface area contributed by atoms with Crippen molar-refractivity contribution in [2.45, 2.75) is 58.8 Å². The Balaban J connectivity index is 2.50. The molecule has 1 saturated heterocycles. The largest absolute Gasteiger partial charge is 0.356 e. The van der Waals surface area contributed by atoms with Gasteiger partial charge < -0.3 is 10.2 Å². The van der Waals surface area contributed by atoms with Crippen molar-refractivity contribution in [1.29, 1.82) is 0 Å². The van der Waals surface area contributed by atoms with Gasteiger partial charge in [-0.05, 0) is 31.6 Å². The molecule has 116 valence electrons. The standard InChI is InChI=1S/C16H30N2O2/c1-13-7-4-9-14(2)16(20)17-11-5-10-15(19)18(3)12-6-8-13/h13-14H,4-12H2,1-3H3,(H,17,20)/t13-,14+/m0/s1. The summed E-state index contributed by atoms with van der Waals surface area (Å²) in [4.78, 5) is 25.6. The van der Waals surface area contributed by atoms with Gasteiger partial charge in [0, 0.05) is 32.5 Å². The van der Waals surface area contributed by atoms with E-state index < -0.39 is 0 Å². The molecule has 0 unspecified atom stereocenters. The third-order valence-corrected chi connectivity index (χ3v) is 4.26. The summed E-state index contributed by atoms with van der Waals surface area (Å²) in [6.07, 6.45) is 6.77. The highest BCUT2D eigenvalue weighted by Gasteiger charge is 2.15. The number of rotatable bonds is 0. The summed E-state index contributed by atoms with van der Waals surface area (Å²) < 4.78 is 0. The summed E-state index contributed by atoms with van der Waals surface area (Å²) in [5.74, 6) is 1.09. The van der Waals surface area contributed by atoms with Crippen LogP contribution >= 0.6 is 0 Å². The zero-order valence-corrected chi connectivity index (χ0v) is 13.3. The van der Waals surface area contributed by atoms with Crippen LogP contribution in [0, 0.1) is 11.8 Å². The van der Waals surface area contributed by atoms with E-state index in [2.05, 4.69) is 12.2 Å². The van der Waals surface area contributed by atoms with Gasteiger partial charge in [-0.25, -0.2) is 0 Å². The van der Waals surface area contributed by atoms with Gasteiger partial charge in [-0.3, -0.25) is 9.59 Å². The van der Waals surface area contributed by atoms with Crippen molar-refractivity contribution >= 4 is 11.8 Å². The van der Waals surface area contributed by atoms with E-state index >= 15 is 0 Å². The SMILES string of the molecule is C[C@H]1CCC[C@@H](C)C(=O)NCCCC(=O)N(C)CCC1. The first-order chi connectivity index (χ1) is 9.50. The maximum Gasteiger partial charge on any atom is 0.222 e. The molecule has 1 aliphatic rings. The van der Waals surface area contributed by atoms with Crippen LogP contribution in [0.15, 0.2) is 0 Å². The van der Waals surface area contributed by atoms with Gasteiger partial charge in [-0.15, -0.1) is 0 Å². The van der Waals surface area contributed by atoms with Gasteiger partial charge >= 0.3 is 0 Å². The minimum Gasteiger partial charge on any atom is -0.356 e. The van der Waals surface area contributed by atoms with Crippen molar-refractivity contribution in [3.8, 4) is 0 Å². The summed E-state index contributed by atoms with van der Waals surface area (Å²) in [6.45, 7) is 5.73.